The number of aryl methyl sites for hydroxylation is 1. The lowest BCUT2D eigenvalue weighted by molar-refractivity contribution is 0.0630. The Morgan fingerprint density at radius 2 is 2.10 bits per heavy atom. The largest absolute Gasteiger partial charge is 0.380 e. The highest BCUT2D eigenvalue weighted by molar-refractivity contribution is 5.17. The molecule has 1 aliphatic heterocycles. The Bertz CT molecular complexity index is 566. The summed E-state index contributed by atoms with van der Waals surface area (Å²) in [6.07, 6.45) is 6.31. The second-order valence-electron chi connectivity index (χ2n) is 5.74. The first-order valence-electron chi connectivity index (χ1n) is 7.55. The molecule has 1 aromatic heterocycles. The predicted molar refractivity (Wildman–Crippen MR) is 83.0 cm³/mol. The zero-order chi connectivity index (χ0) is 14.7. The lowest BCUT2D eigenvalue weighted by atomic mass is 10.0. The Morgan fingerprint density at radius 3 is 2.76 bits per heavy atom. The van der Waals surface area contributed by atoms with Gasteiger partial charge in [-0.1, -0.05) is 30.3 Å². The van der Waals surface area contributed by atoms with Crippen LogP contribution in [-0.2, 0) is 24.8 Å². The standard InChI is InChI=1S/C17H23N3O/c1-19-11-9-18-17(19)13-20-10-8-16(21-2)15(20)12-14-6-4-3-5-7-14/h3-7,9,11,15-16H,8,10,12-13H2,1-2H3/t15-,16-/m1/s1. The molecule has 4 nitrogen and oxygen atoms in total. The van der Waals surface area contributed by atoms with Gasteiger partial charge in [-0.25, -0.2) is 4.98 Å². The summed E-state index contributed by atoms with van der Waals surface area (Å²) in [6.45, 7) is 1.96. The second kappa shape index (κ2) is 6.41. The van der Waals surface area contributed by atoms with Gasteiger partial charge in [-0.05, 0) is 18.4 Å². The van der Waals surface area contributed by atoms with E-state index in [-0.39, 0.29) is 0 Å². The summed E-state index contributed by atoms with van der Waals surface area (Å²) in [5.41, 5.74) is 1.37. The molecule has 0 bridgehead atoms. The van der Waals surface area contributed by atoms with Crippen molar-refractivity contribution in [1.29, 1.82) is 0 Å². The van der Waals surface area contributed by atoms with Crippen LogP contribution in [0.2, 0.25) is 0 Å². The SMILES string of the molecule is CO[C@@H]1CCN(Cc2nccn2C)[C@@H]1Cc1ccccc1. The summed E-state index contributed by atoms with van der Waals surface area (Å²) in [5, 5.41) is 0. The first-order chi connectivity index (χ1) is 10.3. The van der Waals surface area contributed by atoms with Gasteiger partial charge >= 0.3 is 0 Å². The fourth-order valence-electron chi connectivity index (χ4n) is 3.20. The molecule has 2 atom stereocenters. The molecule has 0 radical (unpaired) electrons. The van der Waals surface area contributed by atoms with Crippen molar-refractivity contribution < 1.29 is 4.74 Å². The van der Waals surface area contributed by atoms with E-state index in [9.17, 15) is 0 Å². The van der Waals surface area contributed by atoms with Gasteiger partial charge in [-0.3, -0.25) is 4.90 Å². The van der Waals surface area contributed by atoms with Gasteiger partial charge < -0.3 is 9.30 Å². The van der Waals surface area contributed by atoms with Crippen LogP contribution in [0.3, 0.4) is 0 Å². The van der Waals surface area contributed by atoms with Crippen LogP contribution in [-0.4, -0.2) is 40.3 Å². The van der Waals surface area contributed by atoms with Crippen LogP contribution in [0.5, 0.6) is 0 Å². The third-order valence-electron chi connectivity index (χ3n) is 4.45. The molecular weight excluding hydrogens is 262 g/mol. The van der Waals surface area contributed by atoms with Crippen LogP contribution >= 0.6 is 0 Å². The summed E-state index contributed by atoms with van der Waals surface area (Å²) in [4.78, 5) is 6.96. The molecule has 112 valence electrons. The molecular formula is C17H23N3O. The first kappa shape index (κ1) is 14.3. The van der Waals surface area contributed by atoms with Crippen molar-refractivity contribution in [2.75, 3.05) is 13.7 Å². The van der Waals surface area contributed by atoms with Crippen LogP contribution < -0.4 is 0 Å². The zero-order valence-corrected chi connectivity index (χ0v) is 12.8. The topological polar surface area (TPSA) is 30.3 Å². The number of hydrogen-bond acceptors (Lipinski definition) is 3. The lowest BCUT2D eigenvalue weighted by Crippen LogP contribution is -2.38. The molecule has 0 N–H and O–H groups in total. The Balaban J connectivity index is 1.74. The average Bonchev–Trinajstić information content (AvgIpc) is 3.08. The van der Waals surface area contributed by atoms with Crippen molar-refractivity contribution in [3.8, 4) is 0 Å². The smallest absolute Gasteiger partial charge is 0.122 e. The van der Waals surface area contributed by atoms with E-state index >= 15 is 0 Å². The summed E-state index contributed by atoms with van der Waals surface area (Å²) in [6, 6.07) is 11.1. The summed E-state index contributed by atoms with van der Waals surface area (Å²) in [5.74, 6) is 1.12. The summed E-state index contributed by atoms with van der Waals surface area (Å²) >= 11 is 0. The van der Waals surface area contributed by atoms with Crippen LogP contribution in [0.25, 0.3) is 0 Å². The number of benzene rings is 1. The van der Waals surface area contributed by atoms with Crippen molar-refractivity contribution >= 4 is 0 Å². The van der Waals surface area contributed by atoms with Crippen molar-refractivity contribution in [3.63, 3.8) is 0 Å². The van der Waals surface area contributed by atoms with Crippen molar-refractivity contribution in [2.24, 2.45) is 7.05 Å². The highest BCUT2D eigenvalue weighted by atomic mass is 16.5. The van der Waals surface area contributed by atoms with Crippen LogP contribution in [0, 0.1) is 0 Å². The Hall–Kier alpha value is -1.65. The fourth-order valence-corrected chi connectivity index (χ4v) is 3.20. The Labute approximate surface area is 126 Å². The van der Waals surface area contributed by atoms with Gasteiger partial charge in [0.1, 0.15) is 5.82 Å². The first-order valence-corrected chi connectivity index (χ1v) is 7.55. The predicted octanol–water partition coefficient (Wildman–Crippen LogP) is 2.25. The highest BCUT2D eigenvalue weighted by Crippen LogP contribution is 2.25. The third kappa shape index (κ3) is 3.17. The van der Waals surface area contributed by atoms with Crippen molar-refractivity contribution in [2.45, 2.75) is 31.5 Å². The number of rotatable bonds is 5. The number of likely N-dealkylation sites (tertiary alicyclic amines) is 1. The minimum absolute atomic E-state index is 0.311. The van der Waals surface area contributed by atoms with E-state index < -0.39 is 0 Å². The number of hydrogen-bond donors (Lipinski definition) is 0. The summed E-state index contributed by atoms with van der Waals surface area (Å²) in [7, 11) is 3.88. The van der Waals surface area contributed by atoms with Gasteiger partial charge in [0.25, 0.3) is 0 Å². The molecule has 21 heavy (non-hydrogen) atoms. The van der Waals surface area contributed by atoms with Gasteiger partial charge in [0, 0.05) is 39.1 Å². The van der Waals surface area contributed by atoms with Crippen LogP contribution in [0.1, 0.15) is 17.8 Å². The van der Waals surface area contributed by atoms with E-state index in [1.54, 1.807) is 0 Å². The molecule has 4 heteroatoms. The number of methoxy groups -OCH3 is 1. The molecule has 0 spiro atoms. The molecule has 1 aliphatic rings. The van der Waals surface area contributed by atoms with E-state index in [0.29, 0.717) is 12.1 Å². The number of imidazole rings is 1. The highest BCUT2D eigenvalue weighted by Gasteiger charge is 2.34. The summed E-state index contributed by atoms with van der Waals surface area (Å²) < 4.78 is 7.80. The second-order valence-corrected chi connectivity index (χ2v) is 5.74. The molecule has 1 fully saturated rings. The number of nitrogens with zero attached hydrogens (tertiary/aromatic N) is 3. The molecule has 1 saturated heterocycles. The zero-order valence-electron chi connectivity index (χ0n) is 12.8. The molecule has 0 saturated carbocycles. The van der Waals surface area contributed by atoms with Gasteiger partial charge in [0.05, 0.1) is 12.6 Å². The monoisotopic (exact) mass is 285 g/mol. The molecule has 3 rings (SSSR count). The van der Waals surface area contributed by atoms with E-state index in [4.69, 9.17) is 4.74 Å². The van der Waals surface area contributed by atoms with E-state index in [0.717, 1.165) is 31.8 Å². The molecule has 1 aromatic carbocycles. The molecule has 0 unspecified atom stereocenters. The quantitative estimate of drug-likeness (QED) is 0.844. The van der Waals surface area contributed by atoms with Crippen LogP contribution in [0.15, 0.2) is 42.7 Å². The lowest BCUT2D eigenvalue weighted by Gasteiger charge is -2.27. The maximum atomic E-state index is 5.71. The maximum Gasteiger partial charge on any atom is 0.122 e. The van der Waals surface area contributed by atoms with Crippen LogP contribution in [0.4, 0.5) is 0 Å². The van der Waals surface area contributed by atoms with E-state index in [1.165, 1.54) is 5.56 Å². The van der Waals surface area contributed by atoms with Gasteiger partial charge in [-0.2, -0.15) is 0 Å². The van der Waals surface area contributed by atoms with Gasteiger partial charge in [0.15, 0.2) is 0 Å². The van der Waals surface area contributed by atoms with Gasteiger partial charge in [-0.15, -0.1) is 0 Å². The van der Waals surface area contributed by atoms with Gasteiger partial charge in [0.2, 0.25) is 0 Å². The number of aromatic nitrogens is 2. The molecule has 0 amide bonds. The van der Waals surface area contributed by atoms with Crippen molar-refractivity contribution in [3.05, 3.63) is 54.1 Å². The molecule has 0 aliphatic carbocycles. The van der Waals surface area contributed by atoms with Crippen molar-refractivity contribution in [1.82, 2.24) is 14.5 Å². The van der Waals surface area contributed by atoms with E-state index in [1.807, 2.05) is 19.5 Å². The average molecular weight is 285 g/mol. The minimum atomic E-state index is 0.311. The third-order valence-corrected chi connectivity index (χ3v) is 4.45. The molecule has 2 heterocycles. The minimum Gasteiger partial charge on any atom is -0.380 e. The normalized spacial score (nSPS) is 22.8. The molecule has 2 aromatic rings. The number of ether oxygens (including phenoxy) is 1. The fraction of sp³-hybridized carbons (Fsp3) is 0.471. The van der Waals surface area contributed by atoms with E-state index in [2.05, 4.69) is 51.8 Å². The Morgan fingerprint density at radius 1 is 1.29 bits per heavy atom. The maximum absolute atomic E-state index is 5.71. The Kier molecular flexibility index (Phi) is 4.36.